The Balaban J connectivity index is 2.20. The van der Waals surface area contributed by atoms with E-state index in [1.54, 1.807) is 7.11 Å². The van der Waals surface area contributed by atoms with Crippen LogP contribution in [-0.4, -0.2) is 43.0 Å². The molecule has 1 aliphatic heterocycles. The molecule has 1 amide bonds. The van der Waals surface area contributed by atoms with Crippen LogP contribution < -0.4 is 0 Å². The number of halogens is 1. The van der Waals surface area contributed by atoms with Crippen molar-refractivity contribution in [1.29, 1.82) is 0 Å². The van der Waals surface area contributed by atoms with Gasteiger partial charge in [-0.05, 0) is 39.0 Å². The standard InChI is InChI=1S/C18H28ClNO2/c1-15-8-3-4-10-18(15,11-5-6-12-19)17(21)20-13-7-9-16(20)14-22-2/h4,8,10,16H,3,5-7,9,11-14H2,1-2H3/t16-,18+/m0/s1. The second-order valence-corrected chi connectivity index (χ2v) is 6.77. The first-order valence-corrected chi connectivity index (χ1v) is 8.90. The van der Waals surface area contributed by atoms with E-state index in [-0.39, 0.29) is 11.9 Å². The fraction of sp³-hybridized carbons (Fsp3) is 0.722. The molecule has 0 unspecified atom stereocenters. The number of alkyl halides is 1. The Labute approximate surface area is 139 Å². The van der Waals surface area contributed by atoms with Crippen molar-refractivity contribution < 1.29 is 9.53 Å². The van der Waals surface area contributed by atoms with Crippen molar-refractivity contribution in [1.82, 2.24) is 4.90 Å². The van der Waals surface area contributed by atoms with Crippen molar-refractivity contribution >= 4 is 17.5 Å². The quantitative estimate of drug-likeness (QED) is 0.403. The average molecular weight is 326 g/mol. The molecule has 22 heavy (non-hydrogen) atoms. The number of rotatable bonds is 7. The molecule has 0 spiro atoms. The SMILES string of the molecule is COC[C@@H]1CCCN1C(=O)[C@@]1(CCCCCl)C=CCC=C1C. The van der Waals surface area contributed by atoms with Crippen LogP contribution in [-0.2, 0) is 9.53 Å². The molecule has 0 aromatic rings. The zero-order valence-corrected chi connectivity index (χ0v) is 14.6. The van der Waals surface area contributed by atoms with E-state index in [1.807, 2.05) is 0 Å². The monoisotopic (exact) mass is 325 g/mol. The summed E-state index contributed by atoms with van der Waals surface area (Å²) in [5, 5.41) is 0. The second kappa shape index (κ2) is 8.16. The van der Waals surface area contributed by atoms with Gasteiger partial charge in [0.15, 0.2) is 0 Å². The smallest absolute Gasteiger partial charge is 0.237 e. The van der Waals surface area contributed by atoms with Gasteiger partial charge in [-0.25, -0.2) is 0 Å². The summed E-state index contributed by atoms with van der Waals surface area (Å²) in [6, 6.07) is 0.227. The Bertz CT molecular complexity index is 446. The lowest BCUT2D eigenvalue weighted by Crippen LogP contribution is -2.47. The molecule has 0 bridgehead atoms. The third kappa shape index (κ3) is 3.57. The summed E-state index contributed by atoms with van der Waals surface area (Å²) < 4.78 is 5.31. The van der Waals surface area contributed by atoms with Crippen molar-refractivity contribution in [2.45, 2.75) is 51.5 Å². The van der Waals surface area contributed by atoms with Gasteiger partial charge in [0.05, 0.1) is 18.1 Å². The molecule has 1 aliphatic carbocycles. The minimum atomic E-state index is -0.458. The van der Waals surface area contributed by atoms with E-state index in [0.29, 0.717) is 12.5 Å². The molecule has 0 saturated carbocycles. The highest BCUT2D eigenvalue weighted by atomic mass is 35.5. The molecule has 3 nitrogen and oxygen atoms in total. The van der Waals surface area contributed by atoms with E-state index in [4.69, 9.17) is 16.3 Å². The minimum absolute atomic E-state index is 0.227. The normalized spacial score (nSPS) is 28.0. The number of methoxy groups -OCH3 is 1. The Kier molecular flexibility index (Phi) is 6.51. The summed E-state index contributed by atoms with van der Waals surface area (Å²) in [6.45, 7) is 3.59. The number of ether oxygens (including phenoxy) is 1. The van der Waals surface area contributed by atoms with Crippen LogP contribution >= 0.6 is 11.6 Å². The first kappa shape index (κ1) is 17.6. The summed E-state index contributed by atoms with van der Waals surface area (Å²) >= 11 is 5.83. The number of allylic oxidation sites excluding steroid dienone is 2. The molecule has 2 rings (SSSR count). The van der Waals surface area contributed by atoms with Gasteiger partial charge in [-0.3, -0.25) is 4.79 Å². The molecule has 1 saturated heterocycles. The number of carbonyl (C=O) groups is 1. The number of hydrogen-bond donors (Lipinski definition) is 0. The van der Waals surface area contributed by atoms with Crippen LogP contribution in [0.2, 0.25) is 0 Å². The molecule has 0 N–H and O–H groups in total. The Hall–Kier alpha value is -0.800. The first-order valence-electron chi connectivity index (χ1n) is 8.36. The summed E-state index contributed by atoms with van der Waals surface area (Å²) in [6.07, 6.45) is 12.3. The van der Waals surface area contributed by atoms with Gasteiger partial charge in [-0.2, -0.15) is 0 Å². The largest absolute Gasteiger partial charge is 0.383 e. The van der Waals surface area contributed by atoms with Crippen LogP contribution in [0.25, 0.3) is 0 Å². The van der Waals surface area contributed by atoms with Crippen molar-refractivity contribution in [3.63, 3.8) is 0 Å². The average Bonchev–Trinajstić information content (AvgIpc) is 2.97. The maximum absolute atomic E-state index is 13.4. The molecular formula is C18H28ClNO2. The van der Waals surface area contributed by atoms with Gasteiger partial charge >= 0.3 is 0 Å². The lowest BCUT2D eigenvalue weighted by molar-refractivity contribution is -0.140. The zero-order valence-electron chi connectivity index (χ0n) is 13.8. The number of hydrogen-bond acceptors (Lipinski definition) is 2. The summed E-state index contributed by atoms with van der Waals surface area (Å²) in [4.78, 5) is 15.4. The van der Waals surface area contributed by atoms with E-state index in [2.05, 4.69) is 30.1 Å². The molecular weight excluding hydrogens is 298 g/mol. The van der Waals surface area contributed by atoms with Crippen molar-refractivity contribution in [2.75, 3.05) is 26.1 Å². The highest BCUT2D eigenvalue weighted by Gasteiger charge is 2.43. The van der Waals surface area contributed by atoms with E-state index in [1.165, 1.54) is 5.57 Å². The van der Waals surface area contributed by atoms with Crippen LogP contribution in [0.1, 0.15) is 45.4 Å². The highest BCUT2D eigenvalue weighted by Crippen LogP contribution is 2.41. The zero-order chi connectivity index (χ0) is 16.0. The molecule has 0 aromatic carbocycles. The van der Waals surface area contributed by atoms with E-state index in [9.17, 15) is 4.79 Å². The van der Waals surface area contributed by atoms with Gasteiger partial charge in [0.25, 0.3) is 0 Å². The molecule has 1 heterocycles. The van der Waals surface area contributed by atoms with Gasteiger partial charge < -0.3 is 9.64 Å². The van der Waals surface area contributed by atoms with E-state index in [0.717, 1.165) is 45.1 Å². The highest BCUT2D eigenvalue weighted by molar-refractivity contribution is 6.17. The molecule has 0 radical (unpaired) electrons. The van der Waals surface area contributed by atoms with Gasteiger partial charge in [-0.15, -0.1) is 11.6 Å². The topological polar surface area (TPSA) is 29.5 Å². The number of unbranched alkanes of at least 4 members (excludes halogenated alkanes) is 1. The summed E-state index contributed by atoms with van der Waals surface area (Å²) in [5.41, 5.74) is 0.735. The van der Waals surface area contributed by atoms with E-state index < -0.39 is 5.41 Å². The number of nitrogens with zero attached hydrogens (tertiary/aromatic N) is 1. The third-order valence-corrected chi connectivity index (χ3v) is 5.27. The second-order valence-electron chi connectivity index (χ2n) is 6.39. The van der Waals surface area contributed by atoms with Crippen LogP contribution in [0.4, 0.5) is 0 Å². The summed E-state index contributed by atoms with van der Waals surface area (Å²) in [7, 11) is 1.71. The third-order valence-electron chi connectivity index (χ3n) is 5.00. The van der Waals surface area contributed by atoms with E-state index >= 15 is 0 Å². The molecule has 0 aromatic heterocycles. The van der Waals surface area contributed by atoms with Gasteiger partial charge in [0, 0.05) is 19.5 Å². The minimum Gasteiger partial charge on any atom is -0.383 e. The maximum Gasteiger partial charge on any atom is 0.237 e. The predicted octanol–water partition coefficient (Wildman–Crippen LogP) is 3.93. The van der Waals surface area contributed by atoms with Crippen LogP contribution in [0.5, 0.6) is 0 Å². The van der Waals surface area contributed by atoms with Crippen LogP contribution in [0.15, 0.2) is 23.8 Å². The Morgan fingerprint density at radius 1 is 1.50 bits per heavy atom. The lowest BCUT2D eigenvalue weighted by atomic mass is 9.72. The fourth-order valence-corrected chi connectivity index (χ4v) is 3.87. The van der Waals surface area contributed by atoms with Crippen LogP contribution in [0.3, 0.4) is 0 Å². The number of likely N-dealkylation sites (tertiary alicyclic amines) is 1. The Morgan fingerprint density at radius 2 is 2.32 bits per heavy atom. The van der Waals surface area contributed by atoms with Crippen molar-refractivity contribution in [3.05, 3.63) is 23.8 Å². The maximum atomic E-state index is 13.4. The molecule has 2 atom stereocenters. The molecule has 124 valence electrons. The number of carbonyl (C=O) groups excluding carboxylic acids is 1. The van der Waals surface area contributed by atoms with Crippen LogP contribution in [0, 0.1) is 5.41 Å². The van der Waals surface area contributed by atoms with Gasteiger partial charge in [0.1, 0.15) is 0 Å². The molecule has 1 fully saturated rings. The first-order chi connectivity index (χ1) is 10.7. The van der Waals surface area contributed by atoms with Crippen molar-refractivity contribution in [2.24, 2.45) is 5.41 Å². The predicted molar refractivity (Wildman–Crippen MR) is 91.1 cm³/mol. The fourth-order valence-electron chi connectivity index (χ4n) is 3.68. The lowest BCUT2D eigenvalue weighted by Gasteiger charge is -2.38. The summed E-state index contributed by atoms with van der Waals surface area (Å²) in [5.74, 6) is 0.915. The Morgan fingerprint density at radius 3 is 3.00 bits per heavy atom. The van der Waals surface area contributed by atoms with Gasteiger partial charge in [-0.1, -0.05) is 30.2 Å². The number of amides is 1. The molecule has 4 heteroatoms. The van der Waals surface area contributed by atoms with Crippen molar-refractivity contribution in [3.8, 4) is 0 Å². The molecule has 2 aliphatic rings. The van der Waals surface area contributed by atoms with Gasteiger partial charge in [0.2, 0.25) is 5.91 Å².